The Labute approximate surface area is 81.2 Å². The molecule has 12 heavy (non-hydrogen) atoms. The molecule has 2 atom stereocenters. The SMILES string of the molecule is CC(C)=CCNC(C)C(C)CCl. The van der Waals surface area contributed by atoms with Gasteiger partial charge in [-0.2, -0.15) is 0 Å². The maximum atomic E-state index is 5.73. The van der Waals surface area contributed by atoms with Crippen LogP contribution in [-0.4, -0.2) is 18.5 Å². The fourth-order valence-corrected chi connectivity index (χ4v) is 1.05. The molecule has 1 nitrogen and oxygen atoms in total. The van der Waals surface area contributed by atoms with Crippen molar-refractivity contribution in [1.82, 2.24) is 5.32 Å². The van der Waals surface area contributed by atoms with Gasteiger partial charge in [-0.3, -0.25) is 0 Å². The van der Waals surface area contributed by atoms with Gasteiger partial charge in [-0.15, -0.1) is 11.6 Å². The molecule has 0 aliphatic heterocycles. The van der Waals surface area contributed by atoms with Crippen molar-refractivity contribution in [1.29, 1.82) is 0 Å². The summed E-state index contributed by atoms with van der Waals surface area (Å²) < 4.78 is 0. The molecule has 0 fully saturated rings. The summed E-state index contributed by atoms with van der Waals surface area (Å²) in [5.74, 6) is 1.26. The Bertz CT molecular complexity index is 139. The van der Waals surface area contributed by atoms with Crippen LogP contribution in [0, 0.1) is 5.92 Å². The first-order valence-corrected chi connectivity index (χ1v) is 5.04. The van der Waals surface area contributed by atoms with Crippen LogP contribution >= 0.6 is 11.6 Å². The average molecular weight is 190 g/mol. The lowest BCUT2D eigenvalue weighted by atomic mass is 10.1. The second-order valence-electron chi connectivity index (χ2n) is 3.61. The molecule has 0 radical (unpaired) electrons. The summed E-state index contributed by atoms with van der Waals surface area (Å²) in [7, 11) is 0. The Kier molecular flexibility index (Phi) is 6.49. The van der Waals surface area contributed by atoms with Gasteiger partial charge in [0.1, 0.15) is 0 Å². The lowest BCUT2D eigenvalue weighted by Gasteiger charge is -2.17. The fraction of sp³-hybridized carbons (Fsp3) is 0.800. The van der Waals surface area contributed by atoms with E-state index in [1.165, 1.54) is 5.57 Å². The van der Waals surface area contributed by atoms with E-state index in [0.717, 1.165) is 12.4 Å². The van der Waals surface area contributed by atoms with Crippen molar-refractivity contribution in [2.45, 2.75) is 33.7 Å². The van der Waals surface area contributed by atoms with E-state index < -0.39 is 0 Å². The van der Waals surface area contributed by atoms with E-state index in [0.29, 0.717) is 12.0 Å². The number of hydrogen-bond donors (Lipinski definition) is 1. The molecule has 1 N–H and O–H groups in total. The van der Waals surface area contributed by atoms with Gasteiger partial charge in [0, 0.05) is 18.5 Å². The van der Waals surface area contributed by atoms with Crippen LogP contribution < -0.4 is 5.32 Å². The number of allylic oxidation sites excluding steroid dienone is 1. The minimum absolute atomic E-state index is 0.498. The fourth-order valence-electron chi connectivity index (χ4n) is 0.784. The molecule has 0 rings (SSSR count). The summed E-state index contributed by atoms with van der Waals surface area (Å²) >= 11 is 5.73. The Morgan fingerprint density at radius 1 is 1.42 bits per heavy atom. The number of alkyl halides is 1. The topological polar surface area (TPSA) is 12.0 Å². The molecule has 0 aliphatic rings. The van der Waals surface area contributed by atoms with Gasteiger partial charge >= 0.3 is 0 Å². The van der Waals surface area contributed by atoms with Crippen molar-refractivity contribution in [3.8, 4) is 0 Å². The minimum Gasteiger partial charge on any atom is -0.310 e. The zero-order valence-corrected chi connectivity index (χ0v) is 9.28. The lowest BCUT2D eigenvalue weighted by Crippen LogP contribution is -2.33. The first kappa shape index (κ1) is 12.0. The van der Waals surface area contributed by atoms with Crippen LogP contribution in [0.25, 0.3) is 0 Å². The van der Waals surface area contributed by atoms with Gasteiger partial charge in [-0.1, -0.05) is 18.6 Å². The third kappa shape index (κ3) is 5.62. The number of halogens is 1. The van der Waals surface area contributed by atoms with Gasteiger partial charge in [0.05, 0.1) is 0 Å². The first-order chi connectivity index (χ1) is 5.57. The molecular formula is C10H20ClN. The Hall–Kier alpha value is -0.0100. The molecule has 2 unspecified atom stereocenters. The van der Waals surface area contributed by atoms with Crippen LogP contribution in [0.15, 0.2) is 11.6 Å². The molecule has 0 saturated heterocycles. The Morgan fingerprint density at radius 3 is 2.42 bits per heavy atom. The molecule has 0 aliphatic carbocycles. The van der Waals surface area contributed by atoms with Crippen molar-refractivity contribution in [3.05, 3.63) is 11.6 Å². The number of nitrogens with one attached hydrogen (secondary N) is 1. The zero-order valence-electron chi connectivity index (χ0n) is 8.52. The molecule has 2 heteroatoms. The third-order valence-electron chi connectivity index (χ3n) is 2.05. The summed E-state index contributed by atoms with van der Waals surface area (Å²) in [6.45, 7) is 9.50. The predicted octanol–water partition coefficient (Wildman–Crippen LogP) is 2.81. The highest BCUT2D eigenvalue weighted by Crippen LogP contribution is 2.03. The second-order valence-corrected chi connectivity index (χ2v) is 3.92. The van der Waals surface area contributed by atoms with Gasteiger partial charge in [0.2, 0.25) is 0 Å². The van der Waals surface area contributed by atoms with Gasteiger partial charge in [-0.25, -0.2) is 0 Å². The van der Waals surface area contributed by atoms with Crippen molar-refractivity contribution in [2.24, 2.45) is 5.92 Å². The van der Waals surface area contributed by atoms with Gasteiger partial charge in [-0.05, 0) is 26.7 Å². The van der Waals surface area contributed by atoms with Crippen molar-refractivity contribution in [2.75, 3.05) is 12.4 Å². The van der Waals surface area contributed by atoms with Gasteiger partial charge < -0.3 is 5.32 Å². The third-order valence-corrected chi connectivity index (χ3v) is 2.53. The lowest BCUT2D eigenvalue weighted by molar-refractivity contribution is 0.448. The van der Waals surface area contributed by atoms with Gasteiger partial charge in [0.25, 0.3) is 0 Å². The van der Waals surface area contributed by atoms with E-state index in [4.69, 9.17) is 11.6 Å². The van der Waals surface area contributed by atoms with Crippen LogP contribution in [0.5, 0.6) is 0 Å². The molecule has 0 spiro atoms. The van der Waals surface area contributed by atoms with E-state index in [2.05, 4.69) is 39.1 Å². The summed E-state index contributed by atoms with van der Waals surface area (Å²) in [5, 5.41) is 3.40. The standard InChI is InChI=1S/C10H20ClN/c1-8(2)5-6-12-10(4)9(3)7-11/h5,9-10,12H,6-7H2,1-4H3. The van der Waals surface area contributed by atoms with Crippen LogP contribution in [0.3, 0.4) is 0 Å². The van der Waals surface area contributed by atoms with Crippen LogP contribution in [0.2, 0.25) is 0 Å². The van der Waals surface area contributed by atoms with Crippen molar-refractivity contribution >= 4 is 11.6 Å². The largest absolute Gasteiger partial charge is 0.310 e. The van der Waals surface area contributed by atoms with Crippen LogP contribution in [-0.2, 0) is 0 Å². The molecule has 72 valence electrons. The average Bonchev–Trinajstić information content (AvgIpc) is 2.02. The van der Waals surface area contributed by atoms with Gasteiger partial charge in [0.15, 0.2) is 0 Å². The normalized spacial score (nSPS) is 15.4. The summed E-state index contributed by atoms with van der Waals surface area (Å²) in [5.41, 5.74) is 1.35. The van der Waals surface area contributed by atoms with E-state index in [1.807, 2.05) is 0 Å². The summed E-state index contributed by atoms with van der Waals surface area (Å²) in [6.07, 6.45) is 2.19. The summed E-state index contributed by atoms with van der Waals surface area (Å²) in [6, 6.07) is 0.498. The minimum atomic E-state index is 0.498. The highest BCUT2D eigenvalue weighted by Gasteiger charge is 2.08. The second kappa shape index (κ2) is 6.50. The van der Waals surface area contributed by atoms with Crippen molar-refractivity contribution in [3.63, 3.8) is 0 Å². The van der Waals surface area contributed by atoms with E-state index >= 15 is 0 Å². The van der Waals surface area contributed by atoms with Crippen LogP contribution in [0.4, 0.5) is 0 Å². The van der Waals surface area contributed by atoms with E-state index in [9.17, 15) is 0 Å². The predicted molar refractivity (Wildman–Crippen MR) is 56.8 cm³/mol. The zero-order chi connectivity index (χ0) is 9.56. The smallest absolute Gasteiger partial charge is 0.0263 e. The molecule has 0 aromatic heterocycles. The molecule has 0 bridgehead atoms. The molecule has 0 saturated carbocycles. The maximum Gasteiger partial charge on any atom is 0.0263 e. The monoisotopic (exact) mass is 189 g/mol. The molecule has 0 amide bonds. The highest BCUT2D eigenvalue weighted by atomic mass is 35.5. The highest BCUT2D eigenvalue weighted by molar-refractivity contribution is 6.18. The molecule has 0 aromatic carbocycles. The first-order valence-electron chi connectivity index (χ1n) is 4.50. The Balaban J connectivity index is 3.57. The molecule has 0 aromatic rings. The van der Waals surface area contributed by atoms with Crippen molar-refractivity contribution < 1.29 is 0 Å². The summed E-state index contributed by atoms with van der Waals surface area (Å²) in [4.78, 5) is 0. The van der Waals surface area contributed by atoms with Crippen LogP contribution in [0.1, 0.15) is 27.7 Å². The maximum absolute atomic E-state index is 5.73. The number of rotatable bonds is 5. The molecule has 0 heterocycles. The quantitative estimate of drug-likeness (QED) is 0.518. The Morgan fingerprint density at radius 2 is 2.00 bits per heavy atom. The van der Waals surface area contributed by atoms with E-state index in [1.54, 1.807) is 0 Å². The van der Waals surface area contributed by atoms with E-state index in [-0.39, 0.29) is 0 Å². The number of hydrogen-bond acceptors (Lipinski definition) is 1. The molecular weight excluding hydrogens is 170 g/mol.